The second kappa shape index (κ2) is 6.51. The van der Waals surface area contributed by atoms with Crippen molar-refractivity contribution in [2.75, 3.05) is 34.0 Å². The predicted molar refractivity (Wildman–Crippen MR) is 58.1 cm³/mol. The smallest absolute Gasteiger partial charge is 0.188 e. The number of hydrogen-bond acceptors (Lipinski definition) is 5. The van der Waals surface area contributed by atoms with Gasteiger partial charge in [0, 0.05) is 20.6 Å². The lowest BCUT2D eigenvalue weighted by atomic mass is 10.3. The summed E-state index contributed by atoms with van der Waals surface area (Å²) < 4.78 is 26.7. The normalized spacial score (nSPS) is 26.2. The molecule has 0 aromatic heterocycles. The fourth-order valence-electron chi connectivity index (χ4n) is 1.37. The Balaban J connectivity index is 2.07. The summed E-state index contributed by atoms with van der Waals surface area (Å²) in [5, 5.41) is 0. The van der Waals surface area contributed by atoms with Crippen LogP contribution in [0.5, 0.6) is 0 Å². The van der Waals surface area contributed by atoms with Crippen molar-refractivity contribution in [3.8, 4) is 0 Å². The van der Waals surface area contributed by atoms with Crippen molar-refractivity contribution in [1.29, 1.82) is 0 Å². The Morgan fingerprint density at radius 1 is 1.31 bits per heavy atom. The van der Waals surface area contributed by atoms with E-state index in [4.69, 9.17) is 23.7 Å². The van der Waals surface area contributed by atoms with Gasteiger partial charge in [0.25, 0.3) is 0 Å². The Morgan fingerprint density at radius 2 is 2.00 bits per heavy atom. The molecule has 16 heavy (non-hydrogen) atoms. The van der Waals surface area contributed by atoms with Crippen LogP contribution >= 0.6 is 0 Å². The first-order valence-corrected chi connectivity index (χ1v) is 5.55. The van der Waals surface area contributed by atoms with Gasteiger partial charge in [0.2, 0.25) is 0 Å². The number of rotatable bonds is 7. The van der Waals surface area contributed by atoms with E-state index >= 15 is 0 Å². The molecule has 0 aromatic carbocycles. The zero-order valence-electron chi connectivity index (χ0n) is 10.5. The standard InChI is InChI=1S/C11H22O5/c1-9-7-15-10(16-9)5-6-14-8-11(2,12-3)13-4/h9-10H,5-8H2,1-4H3. The van der Waals surface area contributed by atoms with E-state index in [1.807, 2.05) is 13.8 Å². The molecular formula is C11H22O5. The third-order valence-corrected chi connectivity index (χ3v) is 2.63. The van der Waals surface area contributed by atoms with Gasteiger partial charge >= 0.3 is 0 Å². The van der Waals surface area contributed by atoms with Crippen LogP contribution in [0.4, 0.5) is 0 Å². The minimum Gasteiger partial charge on any atom is -0.376 e. The lowest BCUT2D eigenvalue weighted by Gasteiger charge is -2.26. The van der Waals surface area contributed by atoms with Crippen LogP contribution < -0.4 is 0 Å². The second-order valence-electron chi connectivity index (χ2n) is 4.09. The predicted octanol–water partition coefficient (Wildman–Crippen LogP) is 1.16. The molecule has 5 nitrogen and oxygen atoms in total. The van der Waals surface area contributed by atoms with Crippen LogP contribution in [0.1, 0.15) is 20.3 Å². The second-order valence-corrected chi connectivity index (χ2v) is 4.09. The summed E-state index contributed by atoms with van der Waals surface area (Å²) in [6.45, 7) is 5.45. The van der Waals surface area contributed by atoms with Crippen LogP contribution in [0, 0.1) is 0 Å². The van der Waals surface area contributed by atoms with Crippen molar-refractivity contribution in [2.24, 2.45) is 0 Å². The highest BCUT2D eigenvalue weighted by Crippen LogP contribution is 2.15. The van der Waals surface area contributed by atoms with E-state index in [0.717, 1.165) is 6.42 Å². The molecule has 96 valence electrons. The highest BCUT2D eigenvalue weighted by molar-refractivity contribution is 4.62. The van der Waals surface area contributed by atoms with Crippen LogP contribution in [0.25, 0.3) is 0 Å². The largest absolute Gasteiger partial charge is 0.376 e. The van der Waals surface area contributed by atoms with Crippen molar-refractivity contribution in [1.82, 2.24) is 0 Å². The summed E-state index contributed by atoms with van der Waals surface area (Å²) in [7, 11) is 3.19. The fraction of sp³-hybridized carbons (Fsp3) is 1.00. The minimum absolute atomic E-state index is 0.133. The number of methoxy groups -OCH3 is 2. The maximum atomic E-state index is 5.48. The summed E-state index contributed by atoms with van der Waals surface area (Å²) in [5.74, 6) is -0.676. The van der Waals surface area contributed by atoms with E-state index in [1.54, 1.807) is 14.2 Å². The molecule has 1 aliphatic rings. The van der Waals surface area contributed by atoms with Gasteiger partial charge in [0.05, 0.1) is 19.3 Å². The molecule has 1 heterocycles. The van der Waals surface area contributed by atoms with Crippen LogP contribution in [0.2, 0.25) is 0 Å². The SMILES string of the molecule is COC(C)(COCCC1OCC(C)O1)OC. The van der Waals surface area contributed by atoms with Crippen molar-refractivity contribution < 1.29 is 23.7 Å². The van der Waals surface area contributed by atoms with Crippen LogP contribution in [-0.4, -0.2) is 52.2 Å². The topological polar surface area (TPSA) is 46.2 Å². The molecule has 1 saturated heterocycles. The lowest BCUT2D eigenvalue weighted by molar-refractivity contribution is -0.224. The lowest BCUT2D eigenvalue weighted by Crippen LogP contribution is -2.35. The highest BCUT2D eigenvalue weighted by atomic mass is 16.7. The van der Waals surface area contributed by atoms with Crippen LogP contribution in [0.3, 0.4) is 0 Å². The van der Waals surface area contributed by atoms with Gasteiger partial charge in [0.1, 0.15) is 6.61 Å². The number of ether oxygens (including phenoxy) is 5. The van der Waals surface area contributed by atoms with Crippen molar-refractivity contribution in [3.63, 3.8) is 0 Å². The molecule has 0 N–H and O–H groups in total. The highest BCUT2D eigenvalue weighted by Gasteiger charge is 2.24. The van der Waals surface area contributed by atoms with Gasteiger partial charge in [-0.05, 0) is 13.8 Å². The number of hydrogen-bond donors (Lipinski definition) is 0. The molecule has 2 unspecified atom stereocenters. The van der Waals surface area contributed by atoms with Gasteiger partial charge < -0.3 is 23.7 Å². The molecule has 5 heteroatoms. The summed E-state index contributed by atoms with van der Waals surface area (Å²) in [4.78, 5) is 0. The molecule has 0 spiro atoms. The van der Waals surface area contributed by atoms with Gasteiger partial charge in [-0.15, -0.1) is 0 Å². The minimum atomic E-state index is -0.676. The quantitative estimate of drug-likeness (QED) is 0.488. The summed E-state index contributed by atoms with van der Waals surface area (Å²) >= 11 is 0. The molecule has 0 aromatic rings. The Morgan fingerprint density at radius 3 is 2.50 bits per heavy atom. The zero-order chi connectivity index (χ0) is 12.0. The van der Waals surface area contributed by atoms with Gasteiger partial charge in [-0.3, -0.25) is 0 Å². The van der Waals surface area contributed by atoms with Crippen molar-refractivity contribution in [2.45, 2.75) is 38.4 Å². The maximum Gasteiger partial charge on any atom is 0.188 e. The van der Waals surface area contributed by atoms with Gasteiger partial charge in [-0.2, -0.15) is 0 Å². The molecular weight excluding hydrogens is 212 g/mol. The van der Waals surface area contributed by atoms with E-state index < -0.39 is 5.79 Å². The summed E-state index contributed by atoms with van der Waals surface area (Å²) in [5.41, 5.74) is 0. The molecule has 1 rings (SSSR count). The first kappa shape index (κ1) is 13.9. The summed E-state index contributed by atoms with van der Waals surface area (Å²) in [6.07, 6.45) is 0.785. The molecule has 1 aliphatic heterocycles. The van der Waals surface area contributed by atoms with Crippen LogP contribution in [0.15, 0.2) is 0 Å². The van der Waals surface area contributed by atoms with E-state index in [9.17, 15) is 0 Å². The molecule has 1 fully saturated rings. The van der Waals surface area contributed by atoms with E-state index in [1.165, 1.54) is 0 Å². The van der Waals surface area contributed by atoms with Crippen molar-refractivity contribution >= 4 is 0 Å². The average molecular weight is 234 g/mol. The Kier molecular flexibility index (Phi) is 5.64. The fourth-order valence-corrected chi connectivity index (χ4v) is 1.37. The zero-order valence-corrected chi connectivity index (χ0v) is 10.5. The first-order valence-electron chi connectivity index (χ1n) is 5.55. The summed E-state index contributed by atoms with van der Waals surface area (Å²) in [6, 6.07) is 0. The molecule has 0 radical (unpaired) electrons. The van der Waals surface area contributed by atoms with E-state index in [2.05, 4.69) is 0 Å². The monoisotopic (exact) mass is 234 g/mol. The van der Waals surface area contributed by atoms with Gasteiger partial charge in [-0.25, -0.2) is 0 Å². The third kappa shape index (κ3) is 4.35. The first-order chi connectivity index (χ1) is 7.59. The Bertz CT molecular complexity index is 193. The van der Waals surface area contributed by atoms with E-state index in [0.29, 0.717) is 19.8 Å². The Labute approximate surface area is 97.0 Å². The molecule has 0 aliphatic carbocycles. The maximum absolute atomic E-state index is 5.48. The molecule has 0 saturated carbocycles. The van der Waals surface area contributed by atoms with E-state index in [-0.39, 0.29) is 12.4 Å². The molecule has 0 amide bonds. The average Bonchev–Trinajstić information content (AvgIpc) is 2.70. The third-order valence-electron chi connectivity index (χ3n) is 2.63. The van der Waals surface area contributed by atoms with Gasteiger partial charge in [0.15, 0.2) is 12.1 Å². The molecule has 0 bridgehead atoms. The van der Waals surface area contributed by atoms with Crippen molar-refractivity contribution in [3.05, 3.63) is 0 Å². The van der Waals surface area contributed by atoms with Crippen LogP contribution in [-0.2, 0) is 23.7 Å². The molecule has 2 atom stereocenters. The Hall–Kier alpha value is -0.200. The van der Waals surface area contributed by atoms with Gasteiger partial charge in [-0.1, -0.05) is 0 Å².